The van der Waals surface area contributed by atoms with Crippen molar-refractivity contribution in [2.75, 3.05) is 25.5 Å². The summed E-state index contributed by atoms with van der Waals surface area (Å²) in [6.45, 7) is 3.39. The number of hydrogen-bond donors (Lipinski definition) is 0. The summed E-state index contributed by atoms with van der Waals surface area (Å²) in [6.07, 6.45) is 0. The van der Waals surface area contributed by atoms with E-state index in [1.54, 1.807) is 0 Å². The molecule has 2 rings (SSSR count). The first-order chi connectivity index (χ1) is 6.40. The van der Waals surface area contributed by atoms with E-state index in [4.69, 9.17) is 11.6 Å². The van der Waals surface area contributed by atoms with Gasteiger partial charge in [0.2, 0.25) is 0 Å². The molecule has 0 atom stereocenters. The summed E-state index contributed by atoms with van der Waals surface area (Å²) in [5, 5.41) is 0. The van der Waals surface area contributed by atoms with Gasteiger partial charge in [-0.25, -0.2) is 0 Å². The number of halogens is 1. The van der Waals surface area contributed by atoms with Crippen molar-refractivity contribution >= 4 is 11.6 Å². The molecule has 0 radical (unpaired) electrons. The van der Waals surface area contributed by atoms with Crippen molar-refractivity contribution in [3.63, 3.8) is 0 Å². The molecule has 0 amide bonds. The van der Waals surface area contributed by atoms with Crippen LogP contribution < -0.4 is 0 Å². The van der Waals surface area contributed by atoms with Crippen LogP contribution >= 0.6 is 11.6 Å². The molecule has 1 saturated heterocycles. The first kappa shape index (κ1) is 9.04. The summed E-state index contributed by atoms with van der Waals surface area (Å²) < 4.78 is 0. The molecule has 0 N–H and O–H groups in total. The Hall–Kier alpha value is -0.530. The number of likely N-dealkylation sites (tertiary alicyclic amines) is 1. The monoisotopic (exact) mass is 195 g/mol. The van der Waals surface area contributed by atoms with Crippen LogP contribution in [0.25, 0.3) is 0 Å². The molecule has 1 nitrogen and oxygen atoms in total. The highest BCUT2D eigenvalue weighted by molar-refractivity contribution is 6.18. The lowest BCUT2D eigenvalue weighted by Crippen LogP contribution is -2.45. The Morgan fingerprint density at radius 3 is 2.54 bits per heavy atom. The average Bonchev–Trinajstić information content (AvgIpc) is 2.12. The van der Waals surface area contributed by atoms with Gasteiger partial charge in [0.15, 0.2) is 0 Å². The molecule has 0 bridgehead atoms. The highest BCUT2D eigenvalue weighted by atomic mass is 35.5. The SMILES string of the molecule is ClCCN1CC(c2ccccc2)C1. The Balaban J connectivity index is 1.87. The quantitative estimate of drug-likeness (QED) is 0.670. The van der Waals surface area contributed by atoms with E-state index >= 15 is 0 Å². The molecule has 0 aliphatic carbocycles. The smallest absolute Gasteiger partial charge is 0.0351 e. The van der Waals surface area contributed by atoms with Crippen LogP contribution in [0.1, 0.15) is 11.5 Å². The second-order valence-corrected chi connectivity index (χ2v) is 3.93. The zero-order valence-electron chi connectivity index (χ0n) is 7.62. The summed E-state index contributed by atoms with van der Waals surface area (Å²) in [7, 11) is 0. The summed E-state index contributed by atoms with van der Waals surface area (Å²) >= 11 is 5.66. The van der Waals surface area contributed by atoms with Gasteiger partial charge in [0.05, 0.1) is 0 Å². The van der Waals surface area contributed by atoms with Gasteiger partial charge >= 0.3 is 0 Å². The van der Waals surface area contributed by atoms with E-state index in [1.165, 1.54) is 18.7 Å². The number of rotatable bonds is 3. The first-order valence-electron chi connectivity index (χ1n) is 4.73. The molecule has 70 valence electrons. The van der Waals surface area contributed by atoms with Crippen LogP contribution in [0.15, 0.2) is 30.3 Å². The fraction of sp³-hybridized carbons (Fsp3) is 0.455. The van der Waals surface area contributed by atoms with Gasteiger partial charge in [-0.1, -0.05) is 30.3 Å². The van der Waals surface area contributed by atoms with Gasteiger partial charge < -0.3 is 4.90 Å². The lowest BCUT2D eigenvalue weighted by atomic mass is 9.92. The standard InChI is InChI=1S/C11H14ClN/c12-6-7-13-8-11(9-13)10-4-2-1-3-5-10/h1-5,11H,6-9H2. The molecule has 0 spiro atoms. The van der Waals surface area contributed by atoms with Crippen LogP contribution in [0.5, 0.6) is 0 Å². The predicted molar refractivity (Wildman–Crippen MR) is 56.3 cm³/mol. The van der Waals surface area contributed by atoms with E-state index in [9.17, 15) is 0 Å². The molecule has 1 aromatic carbocycles. The lowest BCUT2D eigenvalue weighted by Gasteiger charge is -2.39. The van der Waals surface area contributed by atoms with Crippen molar-refractivity contribution in [1.29, 1.82) is 0 Å². The van der Waals surface area contributed by atoms with Crippen LogP contribution in [-0.2, 0) is 0 Å². The van der Waals surface area contributed by atoms with Crippen molar-refractivity contribution in [2.45, 2.75) is 5.92 Å². The zero-order chi connectivity index (χ0) is 9.10. The third-order valence-electron chi connectivity index (χ3n) is 2.63. The molecule has 0 unspecified atom stereocenters. The fourth-order valence-corrected chi connectivity index (χ4v) is 2.05. The van der Waals surface area contributed by atoms with E-state index in [2.05, 4.69) is 35.2 Å². The maximum atomic E-state index is 5.66. The number of hydrogen-bond acceptors (Lipinski definition) is 1. The molecule has 1 aliphatic rings. The average molecular weight is 196 g/mol. The van der Waals surface area contributed by atoms with Crippen LogP contribution in [0.2, 0.25) is 0 Å². The molecule has 1 aromatic rings. The minimum absolute atomic E-state index is 0.740. The van der Waals surface area contributed by atoms with Crippen molar-refractivity contribution in [3.8, 4) is 0 Å². The van der Waals surface area contributed by atoms with Gasteiger partial charge in [0.25, 0.3) is 0 Å². The maximum absolute atomic E-state index is 5.66. The molecule has 2 heteroatoms. The molecule has 0 aromatic heterocycles. The molecule has 1 heterocycles. The molecule has 0 saturated carbocycles. The number of nitrogens with zero attached hydrogens (tertiary/aromatic N) is 1. The molecule has 13 heavy (non-hydrogen) atoms. The highest BCUT2D eigenvalue weighted by Crippen LogP contribution is 2.26. The van der Waals surface area contributed by atoms with Crippen LogP contribution in [-0.4, -0.2) is 30.4 Å². The molecule has 1 fully saturated rings. The van der Waals surface area contributed by atoms with Gasteiger partial charge in [-0.15, -0.1) is 11.6 Å². The minimum Gasteiger partial charge on any atom is -0.301 e. The van der Waals surface area contributed by atoms with Gasteiger partial charge in [0, 0.05) is 31.4 Å². The van der Waals surface area contributed by atoms with Gasteiger partial charge in [-0.3, -0.25) is 0 Å². The Kier molecular flexibility index (Phi) is 2.87. The number of benzene rings is 1. The van der Waals surface area contributed by atoms with Crippen molar-refractivity contribution < 1.29 is 0 Å². The lowest BCUT2D eigenvalue weighted by molar-refractivity contribution is 0.158. The normalized spacial score (nSPS) is 18.5. The Morgan fingerprint density at radius 2 is 1.92 bits per heavy atom. The van der Waals surface area contributed by atoms with Gasteiger partial charge in [-0.2, -0.15) is 0 Å². The largest absolute Gasteiger partial charge is 0.301 e. The van der Waals surface area contributed by atoms with E-state index in [0.717, 1.165) is 18.3 Å². The predicted octanol–water partition coefficient (Wildman–Crippen LogP) is 2.32. The second-order valence-electron chi connectivity index (χ2n) is 3.56. The van der Waals surface area contributed by atoms with E-state index in [1.807, 2.05) is 0 Å². The van der Waals surface area contributed by atoms with E-state index in [0.29, 0.717) is 0 Å². The Labute approximate surface area is 84.3 Å². The molecular weight excluding hydrogens is 182 g/mol. The van der Waals surface area contributed by atoms with E-state index in [-0.39, 0.29) is 0 Å². The third-order valence-corrected chi connectivity index (χ3v) is 2.80. The molecule has 1 aliphatic heterocycles. The van der Waals surface area contributed by atoms with Crippen LogP contribution in [0, 0.1) is 0 Å². The topological polar surface area (TPSA) is 3.24 Å². The minimum atomic E-state index is 0.740. The summed E-state index contributed by atoms with van der Waals surface area (Å²) in [5.74, 6) is 1.49. The summed E-state index contributed by atoms with van der Waals surface area (Å²) in [6, 6.07) is 10.7. The third kappa shape index (κ3) is 2.04. The first-order valence-corrected chi connectivity index (χ1v) is 5.27. The van der Waals surface area contributed by atoms with Gasteiger partial charge in [-0.05, 0) is 5.56 Å². The maximum Gasteiger partial charge on any atom is 0.0351 e. The van der Waals surface area contributed by atoms with Crippen LogP contribution in [0.3, 0.4) is 0 Å². The zero-order valence-corrected chi connectivity index (χ0v) is 8.37. The summed E-state index contributed by atoms with van der Waals surface area (Å²) in [4.78, 5) is 2.39. The van der Waals surface area contributed by atoms with E-state index < -0.39 is 0 Å². The highest BCUT2D eigenvalue weighted by Gasteiger charge is 2.26. The Bertz CT molecular complexity index is 254. The number of alkyl halides is 1. The van der Waals surface area contributed by atoms with Crippen LogP contribution in [0.4, 0.5) is 0 Å². The molecular formula is C11H14ClN. The van der Waals surface area contributed by atoms with Crippen molar-refractivity contribution in [1.82, 2.24) is 4.90 Å². The van der Waals surface area contributed by atoms with Gasteiger partial charge in [0.1, 0.15) is 0 Å². The fourth-order valence-electron chi connectivity index (χ4n) is 1.81. The van der Waals surface area contributed by atoms with Crippen molar-refractivity contribution in [2.24, 2.45) is 0 Å². The Morgan fingerprint density at radius 1 is 1.23 bits per heavy atom. The van der Waals surface area contributed by atoms with Crippen molar-refractivity contribution in [3.05, 3.63) is 35.9 Å². The second kappa shape index (κ2) is 4.12. The summed E-state index contributed by atoms with van der Waals surface area (Å²) in [5.41, 5.74) is 1.47.